The lowest BCUT2D eigenvalue weighted by Crippen LogP contribution is -2.32. The average Bonchev–Trinajstić information content (AvgIpc) is 2.83. The molecule has 0 aliphatic carbocycles. The molecule has 0 spiro atoms. The van der Waals surface area contributed by atoms with E-state index >= 15 is 0 Å². The molecule has 0 saturated carbocycles. The highest BCUT2D eigenvalue weighted by Gasteiger charge is 2.22. The first kappa shape index (κ1) is 14.7. The molecule has 1 aliphatic heterocycles. The van der Waals surface area contributed by atoms with E-state index < -0.39 is 0 Å². The lowest BCUT2D eigenvalue weighted by atomic mass is 10.2. The Bertz CT molecular complexity index is 625. The van der Waals surface area contributed by atoms with Crippen LogP contribution in [0.5, 0.6) is 0 Å². The van der Waals surface area contributed by atoms with Gasteiger partial charge in [0.2, 0.25) is 5.95 Å². The lowest BCUT2D eigenvalue weighted by molar-refractivity contribution is 0.0819. The van der Waals surface area contributed by atoms with Crippen LogP contribution < -0.4 is 4.90 Å². The Balaban J connectivity index is 1.97. The fraction of sp³-hybridized carbons (Fsp3) is 0.438. The first-order valence-electron chi connectivity index (χ1n) is 7.60. The number of anilines is 1. The van der Waals surface area contributed by atoms with Crippen LogP contribution >= 0.6 is 0 Å². The number of ether oxygens (including phenoxy) is 1. The number of rotatable bonds is 4. The second-order valence-corrected chi connectivity index (χ2v) is 5.45. The maximum atomic E-state index is 5.72. The van der Waals surface area contributed by atoms with Crippen LogP contribution in [0.4, 0.5) is 5.95 Å². The van der Waals surface area contributed by atoms with Gasteiger partial charge in [0.15, 0.2) is 5.82 Å². The number of nitrogens with zero attached hydrogens (tertiary/aromatic N) is 5. The zero-order valence-corrected chi connectivity index (χ0v) is 12.9. The van der Waals surface area contributed by atoms with Crippen molar-refractivity contribution in [3.05, 3.63) is 37.2 Å². The first-order valence-corrected chi connectivity index (χ1v) is 7.60. The van der Waals surface area contributed by atoms with E-state index in [-0.39, 0.29) is 6.10 Å². The molecule has 3 heterocycles. The van der Waals surface area contributed by atoms with Crippen LogP contribution in [0.25, 0.3) is 11.4 Å². The van der Waals surface area contributed by atoms with Gasteiger partial charge in [-0.1, -0.05) is 6.08 Å². The standard InChI is InChI=1S/C16H21N5O/c1-3-8-21-15(14-6-4-7-17-11-14)18-19-16(21)20-9-5-10-22-13(2)12-20/h3-4,6-7,11,13H,1,5,8-10,12H2,2H3. The van der Waals surface area contributed by atoms with Gasteiger partial charge >= 0.3 is 0 Å². The molecule has 1 aliphatic rings. The number of hydrogen-bond donors (Lipinski definition) is 0. The monoisotopic (exact) mass is 299 g/mol. The molecule has 0 aromatic carbocycles. The van der Waals surface area contributed by atoms with Gasteiger partial charge in [-0.2, -0.15) is 0 Å². The third-order valence-electron chi connectivity index (χ3n) is 3.70. The molecule has 6 heteroatoms. The molecule has 3 rings (SSSR count). The quantitative estimate of drug-likeness (QED) is 0.810. The van der Waals surface area contributed by atoms with Crippen molar-refractivity contribution in [2.75, 3.05) is 24.6 Å². The van der Waals surface area contributed by atoms with E-state index in [0.29, 0.717) is 6.54 Å². The number of aromatic nitrogens is 4. The molecule has 0 amide bonds. The average molecular weight is 299 g/mol. The van der Waals surface area contributed by atoms with Crippen molar-refractivity contribution in [2.45, 2.75) is 26.0 Å². The van der Waals surface area contributed by atoms with Gasteiger partial charge in [-0.25, -0.2) is 0 Å². The zero-order chi connectivity index (χ0) is 15.4. The van der Waals surface area contributed by atoms with Gasteiger partial charge in [0, 0.05) is 44.2 Å². The van der Waals surface area contributed by atoms with E-state index in [2.05, 4.69) is 38.2 Å². The highest BCUT2D eigenvalue weighted by molar-refractivity contribution is 5.56. The topological polar surface area (TPSA) is 56.1 Å². The van der Waals surface area contributed by atoms with Crippen molar-refractivity contribution >= 4 is 5.95 Å². The summed E-state index contributed by atoms with van der Waals surface area (Å²) < 4.78 is 7.80. The summed E-state index contributed by atoms with van der Waals surface area (Å²) in [5.74, 6) is 1.69. The molecular weight excluding hydrogens is 278 g/mol. The molecular formula is C16H21N5O. The summed E-state index contributed by atoms with van der Waals surface area (Å²) in [5, 5.41) is 8.80. The SMILES string of the molecule is C=CCn1c(-c2cccnc2)nnc1N1CCCOC(C)C1. The minimum atomic E-state index is 0.193. The Kier molecular flexibility index (Phi) is 4.48. The van der Waals surface area contributed by atoms with Gasteiger partial charge in [0.05, 0.1) is 6.10 Å². The molecule has 0 radical (unpaired) electrons. The number of allylic oxidation sites excluding steroid dienone is 1. The van der Waals surface area contributed by atoms with Gasteiger partial charge in [-0.3, -0.25) is 9.55 Å². The third kappa shape index (κ3) is 3.01. The molecule has 1 atom stereocenters. The summed E-state index contributed by atoms with van der Waals surface area (Å²) in [6, 6.07) is 3.90. The van der Waals surface area contributed by atoms with E-state index in [0.717, 1.165) is 43.5 Å². The number of pyridine rings is 1. The van der Waals surface area contributed by atoms with Crippen molar-refractivity contribution < 1.29 is 4.74 Å². The van der Waals surface area contributed by atoms with Crippen LogP contribution in [0.15, 0.2) is 37.2 Å². The fourth-order valence-electron chi connectivity index (χ4n) is 2.71. The Hall–Kier alpha value is -2.21. The second-order valence-electron chi connectivity index (χ2n) is 5.45. The van der Waals surface area contributed by atoms with E-state index in [9.17, 15) is 0 Å². The van der Waals surface area contributed by atoms with E-state index in [1.165, 1.54) is 0 Å². The van der Waals surface area contributed by atoms with Crippen molar-refractivity contribution in [1.82, 2.24) is 19.7 Å². The summed E-state index contributed by atoms with van der Waals surface area (Å²) in [6.45, 7) is 9.15. The Morgan fingerprint density at radius 1 is 1.45 bits per heavy atom. The van der Waals surface area contributed by atoms with Gasteiger partial charge < -0.3 is 9.64 Å². The Morgan fingerprint density at radius 2 is 2.36 bits per heavy atom. The van der Waals surface area contributed by atoms with Crippen molar-refractivity contribution in [3.8, 4) is 11.4 Å². The highest BCUT2D eigenvalue weighted by atomic mass is 16.5. The predicted octanol–water partition coefficient (Wildman–Crippen LogP) is 2.14. The molecule has 2 aromatic heterocycles. The molecule has 0 bridgehead atoms. The van der Waals surface area contributed by atoms with Crippen LogP contribution in [0.2, 0.25) is 0 Å². The summed E-state index contributed by atoms with van der Waals surface area (Å²) in [4.78, 5) is 6.41. The van der Waals surface area contributed by atoms with Gasteiger partial charge in [0.1, 0.15) is 0 Å². The second kappa shape index (κ2) is 6.70. The minimum Gasteiger partial charge on any atom is -0.377 e. The minimum absolute atomic E-state index is 0.193. The van der Waals surface area contributed by atoms with Gasteiger partial charge in [-0.05, 0) is 25.5 Å². The summed E-state index contributed by atoms with van der Waals surface area (Å²) in [6.07, 6.45) is 6.62. The lowest BCUT2D eigenvalue weighted by Gasteiger charge is -2.23. The highest BCUT2D eigenvalue weighted by Crippen LogP contribution is 2.23. The van der Waals surface area contributed by atoms with Crippen molar-refractivity contribution in [3.63, 3.8) is 0 Å². The Labute approximate surface area is 130 Å². The van der Waals surface area contributed by atoms with Crippen LogP contribution in [-0.2, 0) is 11.3 Å². The van der Waals surface area contributed by atoms with Gasteiger partial charge in [0.25, 0.3) is 0 Å². The molecule has 6 nitrogen and oxygen atoms in total. The van der Waals surface area contributed by atoms with Crippen molar-refractivity contribution in [1.29, 1.82) is 0 Å². The molecule has 1 saturated heterocycles. The largest absolute Gasteiger partial charge is 0.377 e. The third-order valence-corrected chi connectivity index (χ3v) is 3.70. The first-order chi connectivity index (χ1) is 10.8. The summed E-state index contributed by atoms with van der Waals surface area (Å²) in [5.41, 5.74) is 0.960. The smallest absolute Gasteiger partial charge is 0.227 e. The molecule has 0 N–H and O–H groups in total. The number of hydrogen-bond acceptors (Lipinski definition) is 5. The normalized spacial score (nSPS) is 19.0. The van der Waals surface area contributed by atoms with Crippen LogP contribution in [0.3, 0.4) is 0 Å². The van der Waals surface area contributed by atoms with Crippen LogP contribution in [-0.4, -0.2) is 45.5 Å². The molecule has 1 fully saturated rings. The Morgan fingerprint density at radius 3 is 3.14 bits per heavy atom. The molecule has 22 heavy (non-hydrogen) atoms. The summed E-state index contributed by atoms with van der Waals surface area (Å²) >= 11 is 0. The summed E-state index contributed by atoms with van der Waals surface area (Å²) in [7, 11) is 0. The predicted molar refractivity (Wildman–Crippen MR) is 85.7 cm³/mol. The molecule has 2 aromatic rings. The van der Waals surface area contributed by atoms with Crippen LogP contribution in [0.1, 0.15) is 13.3 Å². The fourth-order valence-corrected chi connectivity index (χ4v) is 2.71. The maximum absolute atomic E-state index is 5.72. The molecule has 1 unspecified atom stereocenters. The molecule has 116 valence electrons. The van der Waals surface area contributed by atoms with Gasteiger partial charge in [-0.15, -0.1) is 16.8 Å². The van der Waals surface area contributed by atoms with Crippen molar-refractivity contribution in [2.24, 2.45) is 0 Å². The van der Waals surface area contributed by atoms with E-state index in [4.69, 9.17) is 4.74 Å². The van der Waals surface area contributed by atoms with E-state index in [1.54, 1.807) is 6.20 Å². The van der Waals surface area contributed by atoms with E-state index in [1.807, 2.05) is 24.4 Å². The van der Waals surface area contributed by atoms with Crippen LogP contribution in [0, 0.1) is 0 Å². The zero-order valence-electron chi connectivity index (χ0n) is 12.9. The maximum Gasteiger partial charge on any atom is 0.227 e.